The maximum Gasteiger partial charge on any atom is 0.00367 e. The lowest BCUT2D eigenvalue weighted by Crippen LogP contribution is -2.37. The van der Waals surface area contributed by atoms with E-state index in [9.17, 15) is 0 Å². The van der Waals surface area contributed by atoms with Crippen LogP contribution in [-0.4, -0.2) is 9.49 Å². The first-order chi connectivity index (χ1) is 12.7. The molecule has 0 spiro atoms. The molecule has 27 heavy (non-hydrogen) atoms. The Morgan fingerprint density at radius 3 is 1.22 bits per heavy atom. The molecule has 0 nitrogen and oxygen atoms in total. The summed E-state index contributed by atoms with van der Waals surface area (Å²) >= 11 is 0. The Balaban J connectivity index is 2.17. The van der Waals surface area contributed by atoms with Crippen LogP contribution in [0.4, 0.5) is 0 Å². The second-order valence-corrected chi connectivity index (χ2v) is 14.3. The molecule has 0 saturated heterocycles. The molecule has 138 valence electrons. The summed E-state index contributed by atoms with van der Waals surface area (Å²) in [6, 6.07) is 23.1. The Labute approximate surface area is 163 Å². The van der Waals surface area contributed by atoms with E-state index in [-0.39, 0.29) is 9.49 Å². The molecule has 0 saturated carbocycles. The van der Waals surface area contributed by atoms with Gasteiger partial charge in [-0.05, 0) is 43.2 Å². The molecular weight excluding hydrogens is 344 g/mol. The van der Waals surface area contributed by atoms with Crippen LogP contribution < -0.4 is 0 Å². The smallest absolute Gasteiger partial charge is 0.00367 e. The molecule has 0 amide bonds. The lowest BCUT2D eigenvalue weighted by atomic mass is 9.95. The van der Waals surface area contributed by atoms with E-state index in [1.165, 1.54) is 32.3 Å². The summed E-state index contributed by atoms with van der Waals surface area (Å²) in [5.74, 6) is 0. The van der Waals surface area contributed by atoms with E-state index >= 15 is 0 Å². The summed E-state index contributed by atoms with van der Waals surface area (Å²) in [4.78, 5) is 3.19. The fourth-order valence-corrected chi connectivity index (χ4v) is 12.2. The van der Waals surface area contributed by atoms with Crippen molar-refractivity contribution in [3.63, 3.8) is 0 Å². The quantitative estimate of drug-likeness (QED) is 0.272. The van der Waals surface area contributed by atoms with E-state index in [0.717, 1.165) is 0 Å². The van der Waals surface area contributed by atoms with Gasteiger partial charge in [0, 0.05) is 20.6 Å². The highest BCUT2D eigenvalue weighted by atomic mass is 32.3. The van der Waals surface area contributed by atoms with Crippen molar-refractivity contribution in [1.29, 1.82) is 0 Å². The molecule has 0 atom stereocenters. The fraction of sp³-hybridized carbons (Fsp3) is 0.308. The molecule has 1 aliphatic heterocycles. The molecule has 1 aliphatic rings. The summed E-state index contributed by atoms with van der Waals surface area (Å²) in [5.41, 5.74) is 0. The maximum absolute atomic E-state index is 2.46. The molecule has 0 aromatic heterocycles. The predicted octanol–water partition coefficient (Wildman–Crippen LogP) is 8.28. The zero-order chi connectivity index (χ0) is 19.2. The minimum Gasteiger partial charge on any atom is -0.176 e. The van der Waals surface area contributed by atoms with E-state index < -0.39 is 10.0 Å². The minimum atomic E-state index is -1.23. The van der Waals surface area contributed by atoms with Gasteiger partial charge in [-0.25, -0.2) is 0 Å². The SMILES string of the molecule is CC(C)(C)S1(C(C)(C)C)c2cccc3c4ccccc4c4cccc1c4c23. The normalized spacial score (nSPS) is 17.3. The molecule has 0 unspecified atom stereocenters. The van der Waals surface area contributed by atoms with E-state index in [1.807, 2.05) is 0 Å². The molecule has 4 aromatic rings. The van der Waals surface area contributed by atoms with Gasteiger partial charge in [0.25, 0.3) is 0 Å². The van der Waals surface area contributed by atoms with Crippen molar-refractivity contribution >= 4 is 42.3 Å². The van der Waals surface area contributed by atoms with E-state index in [4.69, 9.17) is 0 Å². The van der Waals surface area contributed by atoms with Gasteiger partial charge in [-0.15, -0.1) is 0 Å². The van der Waals surface area contributed by atoms with Crippen LogP contribution in [0.2, 0.25) is 0 Å². The monoisotopic (exact) mass is 372 g/mol. The van der Waals surface area contributed by atoms with Crippen LogP contribution in [0, 0.1) is 0 Å². The summed E-state index contributed by atoms with van der Waals surface area (Å²) in [5, 5.41) is 8.65. The molecular formula is C26H28S. The van der Waals surface area contributed by atoms with Crippen LogP contribution in [0.1, 0.15) is 41.5 Å². The number of hydrogen-bond donors (Lipinski definition) is 0. The highest BCUT2D eigenvalue weighted by Gasteiger charge is 2.52. The van der Waals surface area contributed by atoms with Gasteiger partial charge >= 0.3 is 0 Å². The lowest BCUT2D eigenvalue weighted by molar-refractivity contribution is 0.706. The van der Waals surface area contributed by atoms with E-state index in [1.54, 1.807) is 9.79 Å². The molecule has 5 rings (SSSR count). The molecule has 1 heterocycles. The number of benzene rings is 4. The van der Waals surface area contributed by atoms with Crippen molar-refractivity contribution in [2.75, 3.05) is 0 Å². The molecule has 4 aromatic carbocycles. The fourth-order valence-electron chi connectivity index (χ4n) is 5.85. The second-order valence-electron chi connectivity index (χ2n) is 9.74. The van der Waals surface area contributed by atoms with E-state index in [2.05, 4.69) is 102 Å². The topological polar surface area (TPSA) is 0 Å². The van der Waals surface area contributed by atoms with Crippen LogP contribution in [-0.2, 0) is 0 Å². The first-order valence-electron chi connectivity index (χ1n) is 9.88. The second kappa shape index (κ2) is 5.08. The van der Waals surface area contributed by atoms with Crippen LogP contribution in [0.5, 0.6) is 0 Å². The zero-order valence-electron chi connectivity index (χ0n) is 17.2. The first kappa shape index (κ1) is 17.1. The molecule has 0 bridgehead atoms. The largest absolute Gasteiger partial charge is 0.176 e. The Bertz CT molecular complexity index is 1130. The van der Waals surface area contributed by atoms with Crippen molar-refractivity contribution in [3.05, 3.63) is 60.7 Å². The van der Waals surface area contributed by atoms with Gasteiger partial charge in [0.2, 0.25) is 0 Å². The van der Waals surface area contributed by atoms with Crippen molar-refractivity contribution in [2.45, 2.75) is 60.8 Å². The molecule has 1 heteroatoms. The third-order valence-electron chi connectivity index (χ3n) is 6.31. The maximum atomic E-state index is 2.46. The number of hydrogen-bond acceptors (Lipinski definition) is 0. The third-order valence-corrected chi connectivity index (χ3v) is 12.0. The summed E-state index contributed by atoms with van der Waals surface area (Å²) in [6.45, 7) is 14.7. The highest BCUT2D eigenvalue weighted by molar-refractivity contribution is 8.36. The van der Waals surface area contributed by atoms with Crippen LogP contribution in [0.3, 0.4) is 0 Å². The van der Waals surface area contributed by atoms with Crippen LogP contribution >= 0.6 is 10.0 Å². The first-order valence-corrected chi connectivity index (χ1v) is 11.5. The Morgan fingerprint density at radius 2 is 0.852 bits per heavy atom. The van der Waals surface area contributed by atoms with Gasteiger partial charge in [0.15, 0.2) is 0 Å². The van der Waals surface area contributed by atoms with Crippen molar-refractivity contribution in [3.8, 4) is 0 Å². The molecule has 0 radical (unpaired) electrons. The Kier molecular flexibility index (Phi) is 3.23. The van der Waals surface area contributed by atoms with Crippen molar-refractivity contribution in [1.82, 2.24) is 0 Å². The van der Waals surface area contributed by atoms with Crippen LogP contribution in [0.25, 0.3) is 32.3 Å². The number of fused-ring (bicyclic) bond motifs is 3. The predicted molar refractivity (Wildman–Crippen MR) is 123 cm³/mol. The van der Waals surface area contributed by atoms with Gasteiger partial charge in [0.05, 0.1) is 0 Å². The summed E-state index contributed by atoms with van der Waals surface area (Å²) in [7, 11) is -1.23. The third kappa shape index (κ3) is 1.86. The van der Waals surface area contributed by atoms with Crippen molar-refractivity contribution in [2.24, 2.45) is 0 Å². The highest BCUT2D eigenvalue weighted by Crippen LogP contribution is 2.82. The van der Waals surface area contributed by atoms with Crippen LogP contribution in [0.15, 0.2) is 70.5 Å². The zero-order valence-corrected chi connectivity index (χ0v) is 18.0. The summed E-state index contributed by atoms with van der Waals surface area (Å²) in [6.07, 6.45) is 0. The summed E-state index contributed by atoms with van der Waals surface area (Å²) < 4.78 is 0.359. The standard InChI is InChI=1S/C26H28S/c1-25(2,3)27(26(4,5)6)21-15-9-13-19-17-11-7-8-12-18(17)20-14-10-16-22(27)24(20)23(19)21/h7-16H,1-6H3. The minimum absolute atomic E-state index is 0.180. The van der Waals surface area contributed by atoms with Gasteiger partial charge in [-0.1, -0.05) is 90.1 Å². The van der Waals surface area contributed by atoms with Gasteiger partial charge < -0.3 is 0 Å². The van der Waals surface area contributed by atoms with Gasteiger partial charge in [0.1, 0.15) is 0 Å². The van der Waals surface area contributed by atoms with Crippen molar-refractivity contribution < 1.29 is 0 Å². The van der Waals surface area contributed by atoms with Gasteiger partial charge in [-0.2, -0.15) is 10.0 Å². The molecule has 0 N–H and O–H groups in total. The lowest BCUT2D eigenvalue weighted by Gasteiger charge is -2.58. The molecule has 0 fully saturated rings. The average molecular weight is 373 g/mol. The molecule has 0 aliphatic carbocycles. The average Bonchev–Trinajstić information content (AvgIpc) is 2.93. The Hall–Kier alpha value is -1.99. The van der Waals surface area contributed by atoms with Gasteiger partial charge in [-0.3, -0.25) is 0 Å². The number of rotatable bonds is 0. The Morgan fingerprint density at radius 1 is 0.481 bits per heavy atom. The van der Waals surface area contributed by atoms with E-state index in [0.29, 0.717) is 0 Å².